The smallest absolute Gasteiger partial charge is 0.227 e. The maximum Gasteiger partial charge on any atom is 0.227 e. The summed E-state index contributed by atoms with van der Waals surface area (Å²) in [6.07, 6.45) is 1.86. The van der Waals surface area contributed by atoms with Gasteiger partial charge in [0.25, 0.3) is 0 Å². The molecule has 1 aliphatic rings. The van der Waals surface area contributed by atoms with E-state index >= 15 is 0 Å². The maximum atomic E-state index is 12.1. The maximum absolute atomic E-state index is 12.1. The van der Waals surface area contributed by atoms with E-state index in [-0.39, 0.29) is 11.8 Å². The molecule has 1 aliphatic heterocycles. The summed E-state index contributed by atoms with van der Waals surface area (Å²) in [5.74, 6) is 0.296. The van der Waals surface area contributed by atoms with Crippen LogP contribution in [0.2, 0.25) is 0 Å². The van der Waals surface area contributed by atoms with E-state index in [9.17, 15) is 4.79 Å². The van der Waals surface area contributed by atoms with Crippen molar-refractivity contribution in [1.82, 2.24) is 5.32 Å². The summed E-state index contributed by atoms with van der Waals surface area (Å²) in [6, 6.07) is 8.34. The van der Waals surface area contributed by atoms with Crippen LogP contribution in [0.1, 0.15) is 19.8 Å². The van der Waals surface area contributed by atoms with Gasteiger partial charge in [-0.05, 0) is 73.2 Å². The molecule has 1 aromatic carbocycles. The Kier molecular flexibility index (Phi) is 4.39. The van der Waals surface area contributed by atoms with Gasteiger partial charge >= 0.3 is 0 Å². The second-order valence-electron chi connectivity index (χ2n) is 4.57. The number of carbonyl (C=O) groups excluding carboxylic acids is 1. The zero-order valence-electron chi connectivity index (χ0n) is 9.87. The van der Waals surface area contributed by atoms with Crippen LogP contribution in [0.15, 0.2) is 24.3 Å². The highest BCUT2D eigenvalue weighted by atomic mass is 127. The number of anilines is 1. The average molecular weight is 344 g/mol. The summed E-state index contributed by atoms with van der Waals surface area (Å²) in [4.78, 5) is 12.1. The third kappa shape index (κ3) is 3.67. The highest BCUT2D eigenvalue weighted by molar-refractivity contribution is 14.1. The number of benzene rings is 1. The topological polar surface area (TPSA) is 41.1 Å². The van der Waals surface area contributed by atoms with E-state index < -0.39 is 0 Å². The predicted molar refractivity (Wildman–Crippen MR) is 78.0 cm³/mol. The minimum Gasteiger partial charge on any atom is -0.326 e. The molecule has 1 aromatic rings. The Balaban J connectivity index is 1.94. The minimum atomic E-state index is 0.144. The second kappa shape index (κ2) is 5.82. The first-order chi connectivity index (χ1) is 8.15. The van der Waals surface area contributed by atoms with Gasteiger partial charge in [-0.3, -0.25) is 4.79 Å². The zero-order chi connectivity index (χ0) is 12.3. The fourth-order valence-electron chi connectivity index (χ4n) is 2.15. The van der Waals surface area contributed by atoms with Crippen molar-refractivity contribution in [2.45, 2.75) is 25.8 Å². The van der Waals surface area contributed by atoms with Crippen LogP contribution in [-0.4, -0.2) is 18.5 Å². The van der Waals surface area contributed by atoms with Crippen LogP contribution in [0.5, 0.6) is 0 Å². The lowest BCUT2D eigenvalue weighted by Gasteiger charge is -2.27. The highest BCUT2D eigenvalue weighted by Gasteiger charge is 2.24. The Morgan fingerprint density at radius 2 is 2.12 bits per heavy atom. The van der Waals surface area contributed by atoms with Gasteiger partial charge in [0.15, 0.2) is 0 Å². The summed E-state index contributed by atoms with van der Waals surface area (Å²) in [5.41, 5.74) is 0.890. The first-order valence-electron chi connectivity index (χ1n) is 5.95. The number of piperidine rings is 1. The van der Waals surface area contributed by atoms with E-state index in [2.05, 4.69) is 40.1 Å². The first kappa shape index (κ1) is 12.8. The summed E-state index contributed by atoms with van der Waals surface area (Å²) in [5, 5.41) is 6.35. The predicted octanol–water partition coefficient (Wildman–Crippen LogP) is 2.62. The van der Waals surface area contributed by atoms with Gasteiger partial charge in [0.2, 0.25) is 5.91 Å². The standard InChI is InChI=1S/C13H17IN2O/c1-9-8-10(6-7-15-9)13(17)16-12-4-2-11(14)3-5-12/h2-5,9-10,15H,6-8H2,1H3,(H,16,17)/t9-,10-/m0/s1. The minimum absolute atomic E-state index is 0.144. The SMILES string of the molecule is C[C@H]1C[C@@H](C(=O)Nc2ccc(I)cc2)CCN1. The monoisotopic (exact) mass is 344 g/mol. The lowest BCUT2D eigenvalue weighted by Crippen LogP contribution is -2.40. The lowest BCUT2D eigenvalue weighted by molar-refractivity contribution is -0.120. The van der Waals surface area contributed by atoms with Crippen molar-refractivity contribution in [2.75, 3.05) is 11.9 Å². The van der Waals surface area contributed by atoms with Gasteiger partial charge in [0.05, 0.1) is 0 Å². The largest absolute Gasteiger partial charge is 0.326 e. The molecule has 2 N–H and O–H groups in total. The number of hydrogen-bond donors (Lipinski definition) is 2. The normalized spacial score (nSPS) is 24.4. The average Bonchev–Trinajstić information content (AvgIpc) is 2.32. The molecule has 4 heteroatoms. The molecule has 0 spiro atoms. The number of carbonyl (C=O) groups is 1. The quantitative estimate of drug-likeness (QED) is 0.810. The van der Waals surface area contributed by atoms with Crippen LogP contribution >= 0.6 is 22.6 Å². The molecule has 1 heterocycles. The Labute approximate surface area is 116 Å². The fourth-order valence-corrected chi connectivity index (χ4v) is 2.51. The van der Waals surface area contributed by atoms with Crippen molar-refractivity contribution in [3.8, 4) is 0 Å². The van der Waals surface area contributed by atoms with E-state index in [0.717, 1.165) is 25.1 Å². The third-order valence-corrected chi connectivity index (χ3v) is 3.83. The van der Waals surface area contributed by atoms with Gasteiger partial charge in [-0.1, -0.05) is 0 Å². The van der Waals surface area contributed by atoms with E-state index in [0.29, 0.717) is 6.04 Å². The molecule has 0 aliphatic carbocycles. The summed E-state index contributed by atoms with van der Waals surface area (Å²) >= 11 is 2.26. The molecule has 0 bridgehead atoms. The summed E-state index contributed by atoms with van der Waals surface area (Å²) in [6.45, 7) is 3.07. The molecule has 1 fully saturated rings. The van der Waals surface area contributed by atoms with Crippen molar-refractivity contribution in [1.29, 1.82) is 0 Å². The fraction of sp³-hybridized carbons (Fsp3) is 0.462. The molecular formula is C13H17IN2O. The van der Waals surface area contributed by atoms with Gasteiger partial charge in [-0.2, -0.15) is 0 Å². The van der Waals surface area contributed by atoms with E-state index in [4.69, 9.17) is 0 Å². The van der Waals surface area contributed by atoms with E-state index in [1.165, 1.54) is 3.57 Å². The number of rotatable bonds is 2. The van der Waals surface area contributed by atoms with Crippen LogP contribution < -0.4 is 10.6 Å². The van der Waals surface area contributed by atoms with Gasteiger partial charge in [-0.15, -0.1) is 0 Å². The highest BCUT2D eigenvalue weighted by Crippen LogP contribution is 2.19. The van der Waals surface area contributed by atoms with Crippen molar-refractivity contribution in [2.24, 2.45) is 5.92 Å². The Morgan fingerprint density at radius 1 is 1.41 bits per heavy atom. The van der Waals surface area contributed by atoms with Gasteiger partial charge < -0.3 is 10.6 Å². The van der Waals surface area contributed by atoms with Crippen molar-refractivity contribution >= 4 is 34.2 Å². The van der Waals surface area contributed by atoms with Crippen molar-refractivity contribution in [3.05, 3.63) is 27.8 Å². The molecule has 1 amide bonds. The first-order valence-corrected chi connectivity index (χ1v) is 7.03. The van der Waals surface area contributed by atoms with E-state index in [1.54, 1.807) is 0 Å². The van der Waals surface area contributed by atoms with Crippen molar-refractivity contribution in [3.63, 3.8) is 0 Å². The molecule has 0 unspecified atom stereocenters. The molecule has 17 heavy (non-hydrogen) atoms. The van der Waals surface area contributed by atoms with Gasteiger partial charge in [0.1, 0.15) is 0 Å². The molecule has 0 saturated carbocycles. The Bertz CT molecular complexity index is 391. The molecular weight excluding hydrogens is 327 g/mol. The summed E-state index contributed by atoms with van der Waals surface area (Å²) < 4.78 is 1.18. The molecule has 0 radical (unpaired) electrons. The summed E-state index contributed by atoms with van der Waals surface area (Å²) in [7, 11) is 0. The second-order valence-corrected chi connectivity index (χ2v) is 5.82. The lowest BCUT2D eigenvalue weighted by atomic mass is 9.92. The van der Waals surface area contributed by atoms with Gasteiger partial charge in [0, 0.05) is 21.2 Å². The molecule has 0 aromatic heterocycles. The molecule has 2 rings (SSSR count). The number of halogens is 1. The van der Waals surface area contributed by atoms with E-state index in [1.807, 2.05) is 24.3 Å². The molecule has 3 nitrogen and oxygen atoms in total. The van der Waals surface area contributed by atoms with Crippen LogP contribution in [0, 0.1) is 9.49 Å². The number of nitrogens with one attached hydrogen (secondary N) is 2. The molecule has 2 atom stereocenters. The Morgan fingerprint density at radius 3 is 2.76 bits per heavy atom. The van der Waals surface area contributed by atoms with Crippen LogP contribution in [0.4, 0.5) is 5.69 Å². The number of hydrogen-bond acceptors (Lipinski definition) is 2. The van der Waals surface area contributed by atoms with Crippen LogP contribution in [0.3, 0.4) is 0 Å². The zero-order valence-corrected chi connectivity index (χ0v) is 12.0. The molecule has 92 valence electrons. The van der Waals surface area contributed by atoms with Crippen LogP contribution in [-0.2, 0) is 4.79 Å². The number of amides is 1. The van der Waals surface area contributed by atoms with Crippen LogP contribution in [0.25, 0.3) is 0 Å². The third-order valence-electron chi connectivity index (χ3n) is 3.11. The van der Waals surface area contributed by atoms with Gasteiger partial charge in [-0.25, -0.2) is 0 Å². The molecule has 1 saturated heterocycles. The Hall–Kier alpha value is -0.620. The van der Waals surface area contributed by atoms with Crippen molar-refractivity contribution < 1.29 is 4.79 Å².